The second kappa shape index (κ2) is 4.57. The maximum absolute atomic E-state index is 12.4. The summed E-state index contributed by atoms with van der Waals surface area (Å²) in [6, 6.07) is 1.58. The Balaban J connectivity index is 2.35. The highest BCUT2D eigenvalue weighted by atomic mass is 32.2. The van der Waals surface area contributed by atoms with Gasteiger partial charge in [-0.3, -0.25) is 4.79 Å². The van der Waals surface area contributed by atoms with Crippen molar-refractivity contribution in [1.82, 2.24) is 4.72 Å². The molecular formula is C12H17NO4S2. The van der Waals surface area contributed by atoms with E-state index in [1.54, 1.807) is 13.0 Å². The van der Waals surface area contributed by atoms with Crippen molar-refractivity contribution in [1.29, 1.82) is 0 Å². The van der Waals surface area contributed by atoms with Crippen LogP contribution in [0.4, 0.5) is 0 Å². The van der Waals surface area contributed by atoms with Gasteiger partial charge in [-0.25, -0.2) is 8.42 Å². The van der Waals surface area contributed by atoms with E-state index in [0.29, 0.717) is 4.88 Å². The number of nitrogens with one attached hydrogen (secondary N) is 1. The lowest BCUT2D eigenvalue weighted by molar-refractivity contribution is -0.144. The minimum absolute atomic E-state index is 0.125. The van der Waals surface area contributed by atoms with Crippen LogP contribution in [0.1, 0.15) is 29.5 Å². The number of sulfonamides is 1. The van der Waals surface area contributed by atoms with E-state index in [-0.39, 0.29) is 10.8 Å². The van der Waals surface area contributed by atoms with Gasteiger partial charge in [-0.15, -0.1) is 11.3 Å². The number of thiophene rings is 1. The van der Waals surface area contributed by atoms with Gasteiger partial charge in [-0.2, -0.15) is 4.72 Å². The Kier molecular flexibility index (Phi) is 3.49. The molecule has 1 fully saturated rings. The molecule has 0 saturated heterocycles. The van der Waals surface area contributed by atoms with Gasteiger partial charge < -0.3 is 5.11 Å². The van der Waals surface area contributed by atoms with E-state index in [2.05, 4.69) is 4.72 Å². The molecule has 0 amide bonds. The first-order chi connectivity index (χ1) is 8.67. The smallest absolute Gasteiger partial charge is 0.324 e. The van der Waals surface area contributed by atoms with Gasteiger partial charge in [0.1, 0.15) is 5.54 Å². The van der Waals surface area contributed by atoms with Crippen molar-refractivity contribution in [3.8, 4) is 0 Å². The molecule has 0 radical (unpaired) electrons. The van der Waals surface area contributed by atoms with Crippen molar-refractivity contribution in [2.24, 2.45) is 5.92 Å². The topological polar surface area (TPSA) is 83.5 Å². The van der Waals surface area contributed by atoms with Gasteiger partial charge in [0.15, 0.2) is 0 Å². The first kappa shape index (κ1) is 14.5. The number of aliphatic carboxylic acids is 1. The number of carboxylic acid groups (broad SMARTS) is 1. The molecule has 1 heterocycles. The number of hydrogen-bond donors (Lipinski definition) is 2. The molecule has 1 saturated carbocycles. The third-order valence-electron chi connectivity index (χ3n) is 3.47. The van der Waals surface area contributed by atoms with Crippen molar-refractivity contribution < 1.29 is 18.3 Å². The molecule has 106 valence electrons. The van der Waals surface area contributed by atoms with Gasteiger partial charge in [-0.05, 0) is 45.6 Å². The third kappa shape index (κ3) is 2.68. The monoisotopic (exact) mass is 303 g/mol. The molecule has 1 aliphatic rings. The standard InChI is InChI=1S/C12H17NO4S2/c1-7-6-10(8(2)18-7)19(16,17)13-12(3,11(14)15)9-4-5-9/h6,9,13H,4-5H2,1-3H3,(H,14,15). The number of hydrogen-bond acceptors (Lipinski definition) is 4. The second-order valence-electron chi connectivity index (χ2n) is 5.16. The number of carboxylic acids is 1. The zero-order valence-corrected chi connectivity index (χ0v) is 12.7. The maximum atomic E-state index is 12.4. The first-order valence-electron chi connectivity index (χ1n) is 6.01. The van der Waals surface area contributed by atoms with Gasteiger partial charge in [0, 0.05) is 9.75 Å². The van der Waals surface area contributed by atoms with Crippen molar-refractivity contribution in [2.75, 3.05) is 0 Å². The Hall–Kier alpha value is -0.920. The fourth-order valence-electron chi connectivity index (χ4n) is 2.17. The summed E-state index contributed by atoms with van der Waals surface area (Å²) in [5.41, 5.74) is -1.42. The lowest BCUT2D eigenvalue weighted by atomic mass is 9.98. The lowest BCUT2D eigenvalue weighted by Gasteiger charge is -2.25. The molecule has 2 N–H and O–H groups in total. The average molecular weight is 303 g/mol. The van der Waals surface area contributed by atoms with Crippen LogP contribution in [0, 0.1) is 19.8 Å². The summed E-state index contributed by atoms with van der Waals surface area (Å²) in [7, 11) is -3.80. The summed E-state index contributed by atoms with van der Waals surface area (Å²) in [6.45, 7) is 4.99. The van der Waals surface area contributed by atoms with E-state index in [1.165, 1.54) is 18.3 Å². The molecule has 1 atom stereocenters. The van der Waals surface area contributed by atoms with Crippen LogP contribution in [-0.2, 0) is 14.8 Å². The molecule has 0 aliphatic heterocycles. The van der Waals surface area contributed by atoms with Crippen LogP contribution < -0.4 is 4.72 Å². The Morgan fingerprint density at radius 3 is 2.42 bits per heavy atom. The van der Waals surface area contributed by atoms with Crippen LogP contribution in [0.25, 0.3) is 0 Å². The largest absolute Gasteiger partial charge is 0.480 e. The van der Waals surface area contributed by atoms with Crippen LogP contribution in [-0.4, -0.2) is 25.0 Å². The summed E-state index contributed by atoms with van der Waals surface area (Å²) >= 11 is 1.39. The third-order valence-corrected chi connectivity index (χ3v) is 6.26. The minimum atomic E-state index is -3.80. The first-order valence-corrected chi connectivity index (χ1v) is 8.31. The normalized spacial score (nSPS) is 19.1. The highest BCUT2D eigenvalue weighted by Gasteiger charge is 2.50. The molecule has 7 heteroatoms. The Bertz CT molecular complexity index is 616. The number of rotatable bonds is 5. The summed E-state index contributed by atoms with van der Waals surface area (Å²) < 4.78 is 27.1. The molecule has 5 nitrogen and oxygen atoms in total. The van der Waals surface area contributed by atoms with Crippen LogP contribution in [0.2, 0.25) is 0 Å². The molecule has 1 aromatic rings. The Labute approximate surface area is 116 Å². The van der Waals surface area contributed by atoms with Crippen LogP contribution >= 0.6 is 11.3 Å². The molecule has 1 aliphatic carbocycles. The van der Waals surface area contributed by atoms with Crippen LogP contribution in [0.5, 0.6) is 0 Å². The van der Waals surface area contributed by atoms with E-state index in [1.807, 2.05) is 6.92 Å². The zero-order valence-electron chi connectivity index (χ0n) is 11.1. The van der Waals surface area contributed by atoms with Gasteiger partial charge in [0.05, 0.1) is 4.90 Å². The van der Waals surface area contributed by atoms with Crippen molar-refractivity contribution >= 4 is 27.3 Å². The molecule has 0 spiro atoms. The SMILES string of the molecule is Cc1cc(S(=O)(=O)NC(C)(C(=O)O)C2CC2)c(C)s1. The average Bonchev–Trinajstić information content (AvgIpc) is 3.04. The van der Waals surface area contributed by atoms with Gasteiger partial charge in [0.25, 0.3) is 0 Å². The molecule has 1 unspecified atom stereocenters. The van der Waals surface area contributed by atoms with E-state index < -0.39 is 21.5 Å². The fraction of sp³-hybridized carbons (Fsp3) is 0.583. The quantitative estimate of drug-likeness (QED) is 0.870. The summed E-state index contributed by atoms with van der Waals surface area (Å²) in [6.07, 6.45) is 1.49. The summed E-state index contributed by atoms with van der Waals surface area (Å²) in [5, 5.41) is 9.30. The molecule has 0 bridgehead atoms. The van der Waals surface area contributed by atoms with E-state index in [4.69, 9.17) is 0 Å². The van der Waals surface area contributed by atoms with Gasteiger partial charge in [0.2, 0.25) is 10.0 Å². The number of carbonyl (C=O) groups is 1. The van der Waals surface area contributed by atoms with Gasteiger partial charge >= 0.3 is 5.97 Å². The van der Waals surface area contributed by atoms with Crippen LogP contribution in [0.15, 0.2) is 11.0 Å². The Morgan fingerprint density at radius 2 is 2.05 bits per heavy atom. The van der Waals surface area contributed by atoms with E-state index in [9.17, 15) is 18.3 Å². The van der Waals surface area contributed by atoms with Crippen molar-refractivity contribution in [3.05, 3.63) is 15.8 Å². The van der Waals surface area contributed by atoms with E-state index in [0.717, 1.165) is 17.7 Å². The summed E-state index contributed by atoms with van der Waals surface area (Å²) in [4.78, 5) is 13.1. The molecule has 1 aromatic heterocycles. The fourth-order valence-corrected chi connectivity index (χ4v) is 5.15. The van der Waals surface area contributed by atoms with Crippen molar-refractivity contribution in [3.63, 3.8) is 0 Å². The molecule has 0 aromatic carbocycles. The predicted molar refractivity (Wildman–Crippen MR) is 72.9 cm³/mol. The van der Waals surface area contributed by atoms with E-state index >= 15 is 0 Å². The van der Waals surface area contributed by atoms with Crippen LogP contribution in [0.3, 0.4) is 0 Å². The lowest BCUT2D eigenvalue weighted by Crippen LogP contribution is -2.53. The predicted octanol–water partition coefficient (Wildman–Crippen LogP) is 1.90. The Morgan fingerprint density at radius 1 is 1.47 bits per heavy atom. The highest BCUT2D eigenvalue weighted by Crippen LogP contribution is 2.41. The second-order valence-corrected chi connectivity index (χ2v) is 8.28. The minimum Gasteiger partial charge on any atom is -0.480 e. The maximum Gasteiger partial charge on any atom is 0.324 e. The molecule has 2 rings (SSSR count). The summed E-state index contributed by atoms with van der Waals surface area (Å²) in [5.74, 6) is -1.25. The molecular weight excluding hydrogens is 286 g/mol. The number of aryl methyl sites for hydroxylation is 2. The van der Waals surface area contributed by atoms with Crippen molar-refractivity contribution in [2.45, 2.75) is 44.0 Å². The van der Waals surface area contributed by atoms with Gasteiger partial charge in [-0.1, -0.05) is 0 Å². The highest BCUT2D eigenvalue weighted by molar-refractivity contribution is 7.89. The zero-order chi connectivity index (χ0) is 14.4. The molecule has 19 heavy (non-hydrogen) atoms.